The van der Waals surface area contributed by atoms with E-state index in [2.05, 4.69) is 0 Å². The van der Waals surface area contributed by atoms with Gasteiger partial charge >= 0.3 is 0 Å². The highest BCUT2D eigenvalue weighted by Crippen LogP contribution is 2.13. The molecule has 128 valence electrons. The first-order chi connectivity index (χ1) is 11.1. The molecule has 0 fully saturated rings. The smallest absolute Gasteiger partial charge is 0.294 e. The molecule has 7 nitrogen and oxygen atoms in total. The zero-order valence-corrected chi connectivity index (χ0v) is 13.9. The van der Waals surface area contributed by atoms with Crippen LogP contribution in [0, 0.1) is 0 Å². The fourth-order valence-electron chi connectivity index (χ4n) is 2.08. The van der Waals surface area contributed by atoms with Crippen LogP contribution in [0.2, 0.25) is 0 Å². The molecule has 0 atom stereocenters. The molecule has 0 heterocycles. The molecule has 2 aromatic rings. The van der Waals surface area contributed by atoms with Gasteiger partial charge in [-0.15, -0.1) is 0 Å². The number of carbonyl (C=O) groups is 1. The van der Waals surface area contributed by atoms with E-state index in [9.17, 15) is 21.6 Å². The van der Waals surface area contributed by atoms with Crippen molar-refractivity contribution in [1.29, 1.82) is 0 Å². The molecule has 0 saturated heterocycles. The Kier molecular flexibility index (Phi) is 5.19. The summed E-state index contributed by atoms with van der Waals surface area (Å²) in [7, 11) is -8.53. The van der Waals surface area contributed by atoms with Gasteiger partial charge in [-0.2, -0.15) is 16.8 Å². The SMILES string of the molecule is O=C(Cc1ccc(S(=O)(=O)O)cc1)Cc1ccc(S(=O)(=O)O)cc1. The second-order valence-electron chi connectivity index (χ2n) is 5.13. The topological polar surface area (TPSA) is 126 Å². The molecule has 24 heavy (non-hydrogen) atoms. The highest BCUT2D eigenvalue weighted by atomic mass is 32.2. The third kappa shape index (κ3) is 4.96. The van der Waals surface area contributed by atoms with E-state index in [1.54, 1.807) is 0 Å². The molecule has 0 radical (unpaired) electrons. The molecule has 0 unspecified atom stereocenters. The van der Waals surface area contributed by atoms with Crippen LogP contribution in [0.3, 0.4) is 0 Å². The van der Waals surface area contributed by atoms with E-state index < -0.39 is 20.2 Å². The Balaban J connectivity index is 2.03. The summed E-state index contributed by atoms with van der Waals surface area (Å²) in [6.07, 6.45) is 0.123. The van der Waals surface area contributed by atoms with Gasteiger partial charge in [0.05, 0.1) is 9.79 Å². The summed E-state index contributed by atoms with van der Waals surface area (Å²) in [6, 6.07) is 10.6. The van der Waals surface area contributed by atoms with Crippen LogP contribution in [0.15, 0.2) is 58.3 Å². The molecule has 0 spiro atoms. The average molecular weight is 370 g/mol. The van der Waals surface area contributed by atoms with E-state index in [4.69, 9.17) is 9.11 Å². The Morgan fingerprint density at radius 2 is 0.958 bits per heavy atom. The van der Waals surface area contributed by atoms with Crippen LogP contribution in [0.1, 0.15) is 11.1 Å². The van der Waals surface area contributed by atoms with E-state index in [1.807, 2.05) is 0 Å². The fraction of sp³-hybridized carbons (Fsp3) is 0.133. The van der Waals surface area contributed by atoms with E-state index >= 15 is 0 Å². The Bertz CT molecular complexity index is 862. The zero-order chi connectivity index (χ0) is 18.0. The van der Waals surface area contributed by atoms with Gasteiger partial charge in [-0.25, -0.2) is 0 Å². The van der Waals surface area contributed by atoms with Crippen molar-refractivity contribution in [3.05, 3.63) is 59.7 Å². The van der Waals surface area contributed by atoms with E-state index in [0.29, 0.717) is 11.1 Å². The monoisotopic (exact) mass is 370 g/mol. The van der Waals surface area contributed by atoms with Gasteiger partial charge in [0.15, 0.2) is 0 Å². The Labute approximate surface area is 139 Å². The van der Waals surface area contributed by atoms with Gasteiger partial charge in [0.25, 0.3) is 20.2 Å². The minimum absolute atomic E-state index is 0.0613. The summed E-state index contributed by atoms with van der Waals surface area (Å²) in [4.78, 5) is 11.5. The van der Waals surface area contributed by atoms with Crippen LogP contribution in [0.5, 0.6) is 0 Å². The molecule has 0 aliphatic rings. The fourth-order valence-corrected chi connectivity index (χ4v) is 3.04. The normalized spacial score (nSPS) is 12.1. The number of hydrogen-bond donors (Lipinski definition) is 2. The van der Waals surface area contributed by atoms with Crippen molar-refractivity contribution < 1.29 is 30.7 Å². The van der Waals surface area contributed by atoms with Crippen LogP contribution in [-0.4, -0.2) is 31.7 Å². The van der Waals surface area contributed by atoms with Crippen molar-refractivity contribution in [2.24, 2.45) is 0 Å². The highest BCUT2D eigenvalue weighted by molar-refractivity contribution is 7.86. The van der Waals surface area contributed by atoms with E-state index in [1.165, 1.54) is 48.5 Å². The van der Waals surface area contributed by atoms with Crippen molar-refractivity contribution in [2.45, 2.75) is 22.6 Å². The quantitative estimate of drug-likeness (QED) is 0.739. The standard InChI is InChI=1S/C15H14O7S2/c16-13(9-11-1-5-14(6-2-11)23(17,18)19)10-12-3-7-15(8-4-12)24(20,21)22/h1-8H,9-10H2,(H,17,18,19)(H,20,21,22). The second kappa shape index (κ2) is 6.81. The molecule has 0 amide bonds. The summed E-state index contributed by atoms with van der Waals surface area (Å²) in [5.41, 5.74) is 1.17. The molecule has 2 N–H and O–H groups in total. The first-order valence-electron chi connectivity index (χ1n) is 6.70. The summed E-state index contributed by atoms with van der Waals surface area (Å²) in [5.74, 6) is -0.158. The number of hydrogen-bond acceptors (Lipinski definition) is 5. The summed E-state index contributed by atoms with van der Waals surface area (Å²) < 4.78 is 61.5. The van der Waals surface area contributed by atoms with Crippen LogP contribution >= 0.6 is 0 Å². The molecular formula is C15H14O7S2. The molecule has 2 aromatic carbocycles. The van der Waals surface area contributed by atoms with Crippen molar-refractivity contribution in [3.8, 4) is 0 Å². The van der Waals surface area contributed by atoms with Gasteiger partial charge in [0.1, 0.15) is 5.78 Å². The third-order valence-corrected chi connectivity index (χ3v) is 4.98. The van der Waals surface area contributed by atoms with Gasteiger partial charge < -0.3 is 0 Å². The number of rotatable bonds is 6. The Morgan fingerprint density at radius 1 is 0.667 bits per heavy atom. The molecule has 0 aliphatic carbocycles. The van der Waals surface area contributed by atoms with Gasteiger partial charge in [-0.05, 0) is 35.4 Å². The number of Topliss-reactive ketones (excluding diaryl/α,β-unsaturated/α-hetero) is 1. The number of ketones is 1. The third-order valence-electron chi connectivity index (χ3n) is 3.25. The molecule has 0 saturated carbocycles. The largest absolute Gasteiger partial charge is 0.299 e. The predicted molar refractivity (Wildman–Crippen MR) is 84.9 cm³/mol. The molecule has 0 aromatic heterocycles. The van der Waals surface area contributed by atoms with Crippen molar-refractivity contribution in [3.63, 3.8) is 0 Å². The van der Waals surface area contributed by atoms with Crippen molar-refractivity contribution in [1.82, 2.24) is 0 Å². The second-order valence-corrected chi connectivity index (χ2v) is 7.97. The molecular weight excluding hydrogens is 356 g/mol. The van der Waals surface area contributed by atoms with Gasteiger partial charge in [0, 0.05) is 12.8 Å². The number of carbonyl (C=O) groups excluding carboxylic acids is 1. The maximum absolute atomic E-state index is 12.0. The van der Waals surface area contributed by atoms with Crippen LogP contribution in [-0.2, 0) is 37.9 Å². The first-order valence-corrected chi connectivity index (χ1v) is 9.58. The van der Waals surface area contributed by atoms with Gasteiger partial charge in [-0.1, -0.05) is 24.3 Å². The van der Waals surface area contributed by atoms with Crippen LogP contribution in [0.4, 0.5) is 0 Å². The van der Waals surface area contributed by atoms with Crippen molar-refractivity contribution >= 4 is 26.0 Å². The Hall–Kier alpha value is -2.07. The minimum atomic E-state index is -4.27. The summed E-state index contributed by atoms with van der Waals surface area (Å²) >= 11 is 0. The summed E-state index contributed by atoms with van der Waals surface area (Å²) in [5, 5.41) is 0. The first kappa shape index (κ1) is 18.3. The van der Waals surface area contributed by atoms with Gasteiger partial charge in [-0.3, -0.25) is 13.9 Å². The molecule has 0 bridgehead atoms. The minimum Gasteiger partial charge on any atom is -0.299 e. The molecule has 0 aliphatic heterocycles. The number of benzene rings is 2. The average Bonchev–Trinajstić information content (AvgIpc) is 2.46. The van der Waals surface area contributed by atoms with Gasteiger partial charge in [0.2, 0.25) is 0 Å². The highest BCUT2D eigenvalue weighted by Gasteiger charge is 2.12. The molecule has 9 heteroatoms. The van der Waals surface area contributed by atoms with Crippen LogP contribution in [0.25, 0.3) is 0 Å². The predicted octanol–water partition coefficient (Wildman–Crippen LogP) is 1.53. The lowest BCUT2D eigenvalue weighted by Crippen LogP contribution is -2.07. The maximum atomic E-state index is 12.0. The van der Waals surface area contributed by atoms with Crippen molar-refractivity contribution in [2.75, 3.05) is 0 Å². The lowest BCUT2D eigenvalue weighted by Gasteiger charge is -2.04. The van der Waals surface area contributed by atoms with Crippen LogP contribution < -0.4 is 0 Å². The van der Waals surface area contributed by atoms with E-state index in [0.717, 1.165) is 0 Å². The maximum Gasteiger partial charge on any atom is 0.294 e. The lowest BCUT2D eigenvalue weighted by atomic mass is 10.0. The van der Waals surface area contributed by atoms with E-state index in [-0.39, 0.29) is 28.4 Å². The molecule has 2 rings (SSSR count). The summed E-state index contributed by atoms with van der Waals surface area (Å²) in [6.45, 7) is 0. The zero-order valence-electron chi connectivity index (χ0n) is 12.3. The Morgan fingerprint density at radius 3 is 1.21 bits per heavy atom. The lowest BCUT2D eigenvalue weighted by molar-refractivity contribution is -0.117.